The lowest BCUT2D eigenvalue weighted by atomic mass is 9.94. The number of likely N-dealkylation sites (N-methyl/N-ethyl adjacent to an activating group) is 1. The normalized spacial score (nSPS) is 26.8. The Morgan fingerprint density at radius 1 is 1.25 bits per heavy atom. The number of rotatable bonds is 6. The van der Waals surface area contributed by atoms with Crippen molar-refractivity contribution in [2.75, 3.05) is 20.6 Å². The molecule has 0 aromatic heterocycles. The summed E-state index contributed by atoms with van der Waals surface area (Å²) in [5, 5.41) is 12.2. The first-order valence-electron chi connectivity index (χ1n) is 7.37. The van der Waals surface area contributed by atoms with Crippen molar-refractivity contribution in [2.45, 2.75) is 45.6 Å². The molecule has 2 N–H and O–H groups in total. The highest BCUT2D eigenvalue weighted by Gasteiger charge is 2.42. The average molecular weight is 284 g/mol. The Morgan fingerprint density at radius 2 is 1.80 bits per heavy atom. The average Bonchev–Trinajstić information content (AvgIpc) is 2.80. The summed E-state index contributed by atoms with van der Waals surface area (Å²) in [6, 6.07) is 0. The van der Waals surface area contributed by atoms with Crippen molar-refractivity contribution in [3.63, 3.8) is 0 Å². The molecule has 1 fully saturated rings. The molecule has 0 heterocycles. The van der Waals surface area contributed by atoms with Crippen molar-refractivity contribution >= 4 is 11.9 Å². The van der Waals surface area contributed by atoms with Gasteiger partial charge in [0.1, 0.15) is 0 Å². The van der Waals surface area contributed by atoms with E-state index >= 15 is 0 Å². The van der Waals surface area contributed by atoms with E-state index in [4.69, 9.17) is 0 Å². The Balaban J connectivity index is 2.64. The lowest BCUT2D eigenvalue weighted by molar-refractivity contribution is -0.146. The van der Waals surface area contributed by atoms with Crippen molar-refractivity contribution in [2.24, 2.45) is 17.8 Å². The molecule has 0 aromatic rings. The zero-order valence-corrected chi connectivity index (χ0v) is 13.3. The number of aliphatic carboxylic acids is 1. The van der Waals surface area contributed by atoms with Gasteiger partial charge in [-0.15, -0.1) is 0 Å². The quantitative estimate of drug-likeness (QED) is 0.777. The van der Waals surface area contributed by atoms with Crippen molar-refractivity contribution in [3.05, 3.63) is 0 Å². The van der Waals surface area contributed by atoms with Crippen LogP contribution < -0.4 is 5.32 Å². The molecular weight excluding hydrogens is 256 g/mol. The van der Waals surface area contributed by atoms with Crippen molar-refractivity contribution < 1.29 is 14.7 Å². The van der Waals surface area contributed by atoms with Crippen LogP contribution in [0.4, 0.5) is 0 Å². The fourth-order valence-electron chi connectivity index (χ4n) is 2.63. The van der Waals surface area contributed by atoms with Crippen LogP contribution in [0.15, 0.2) is 0 Å². The Labute approximate surface area is 121 Å². The molecule has 3 unspecified atom stereocenters. The molecule has 20 heavy (non-hydrogen) atoms. The monoisotopic (exact) mass is 284 g/mol. The minimum atomic E-state index is -0.840. The second-order valence-corrected chi connectivity index (χ2v) is 6.72. The van der Waals surface area contributed by atoms with Crippen molar-refractivity contribution in [1.29, 1.82) is 0 Å². The summed E-state index contributed by atoms with van der Waals surface area (Å²) in [5.41, 5.74) is -0.142. The first kappa shape index (κ1) is 17.0. The number of carboxylic acids is 1. The van der Waals surface area contributed by atoms with E-state index in [1.54, 1.807) is 0 Å². The van der Waals surface area contributed by atoms with Crippen LogP contribution in [0.2, 0.25) is 0 Å². The highest BCUT2D eigenvalue weighted by atomic mass is 16.4. The molecule has 0 saturated heterocycles. The van der Waals surface area contributed by atoms with E-state index in [-0.39, 0.29) is 17.4 Å². The maximum absolute atomic E-state index is 12.3. The third-order valence-electron chi connectivity index (χ3n) is 4.80. The van der Waals surface area contributed by atoms with Crippen molar-refractivity contribution in [1.82, 2.24) is 10.2 Å². The van der Waals surface area contributed by atoms with Gasteiger partial charge in [-0.3, -0.25) is 9.59 Å². The second kappa shape index (κ2) is 6.57. The summed E-state index contributed by atoms with van der Waals surface area (Å²) >= 11 is 0. The highest BCUT2D eigenvalue weighted by Crippen LogP contribution is 2.38. The van der Waals surface area contributed by atoms with Gasteiger partial charge in [-0.1, -0.05) is 13.3 Å². The molecule has 0 spiro atoms. The first-order chi connectivity index (χ1) is 9.19. The van der Waals surface area contributed by atoms with Gasteiger partial charge in [-0.2, -0.15) is 0 Å². The molecule has 1 rings (SSSR count). The largest absolute Gasteiger partial charge is 0.481 e. The molecule has 5 heteroatoms. The van der Waals surface area contributed by atoms with E-state index in [1.807, 2.05) is 32.8 Å². The third-order valence-corrected chi connectivity index (χ3v) is 4.80. The Hall–Kier alpha value is -1.10. The van der Waals surface area contributed by atoms with E-state index in [2.05, 4.69) is 12.2 Å². The molecule has 5 nitrogen and oxygen atoms in total. The molecule has 0 radical (unpaired) electrons. The molecule has 0 aromatic carbocycles. The maximum Gasteiger partial charge on any atom is 0.307 e. The van der Waals surface area contributed by atoms with E-state index < -0.39 is 11.9 Å². The summed E-state index contributed by atoms with van der Waals surface area (Å²) in [6.07, 6.45) is 2.26. The number of hydrogen-bond acceptors (Lipinski definition) is 3. The minimum Gasteiger partial charge on any atom is -0.481 e. The number of carbonyl (C=O) groups excluding carboxylic acids is 1. The fourth-order valence-corrected chi connectivity index (χ4v) is 2.63. The topological polar surface area (TPSA) is 69.6 Å². The van der Waals surface area contributed by atoms with Crippen LogP contribution in [-0.4, -0.2) is 48.1 Å². The Kier molecular flexibility index (Phi) is 5.57. The lowest BCUT2D eigenvalue weighted by Gasteiger charge is -2.33. The van der Waals surface area contributed by atoms with Crippen LogP contribution in [0.1, 0.15) is 40.0 Å². The molecule has 0 bridgehead atoms. The fraction of sp³-hybridized carbons (Fsp3) is 0.867. The summed E-state index contributed by atoms with van der Waals surface area (Å²) < 4.78 is 0. The lowest BCUT2D eigenvalue weighted by Crippen LogP contribution is -2.49. The van der Waals surface area contributed by atoms with Gasteiger partial charge in [0.15, 0.2) is 0 Å². The van der Waals surface area contributed by atoms with Crippen LogP contribution in [0, 0.1) is 17.8 Å². The molecule has 3 atom stereocenters. The number of hydrogen-bond donors (Lipinski definition) is 2. The van der Waals surface area contributed by atoms with Gasteiger partial charge >= 0.3 is 5.97 Å². The summed E-state index contributed by atoms with van der Waals surface area (Å²) in [4.78, 5) is 25.6. The standard InChI is InChI=1S/C15H28N2O3/c1-6-10-7-11(12(8-10)14(19)20)13(18)16-9-15(2,3)17(4)5/h10-12H,6-9H2,1-5H3,(H,16,18)(H,19,20). The minimum absolute atomic E-state index is 0.108. The maximum atomic E-state index is 12.3. The zero-order valence-electron chi connectivity index (χ0n) is 13.3. The summed E-state index contributed by atoms with van der Waals surface area (Å²) in [7, 11) is 3.93. The number of nitrogens with zero attached hydrogens (tertiary/aromatic N) is 1. The second-order valence-electron chi connectivity index (χ2n) is 6.72. The first-order valence-corrected chi connectivity index (χ1v) is 7.37. The van der Waals surface area contributed by atoms with Gasteiger partial charge in [0.2, 0.25) is 5.91 Å². The van der Waals surface area contributed by atoms with Gasteiger partial charge < -0.3 is 15.3 Å². The summed E-state index contributed by atoms with van der Waals surface area (Å²) in [6.45, 7) is 6.67. The molecule has 0 aliphatic heterocycles. The van der Waals surface area contributed by atoms with Crippen LogP contribution in [-0.2, 0) is 9.59 Å². The van der Waals surface area contributed by atoms with Gasteiger partial charge in [0, 0.05) is 12.1 Å². The predicted octanol–water partition coefficient (Wildman–Crippen LogP) is 1.58. The third kappa shape index (κ3) is 3.95. The highest BCUT2D eigenvalue weighted by molar-refractivity contribution is 5.85. The van der Waals surface area contributed by atoms with Crippen LogP contribution in [0.3, 0.4) is 0 Å². The molecule has 1 aliphatic rings. The van der Waals surface area contributed by atoms with Gasteiger partial charge in [-0.25, -0.2) is 0 Å². The molecule has 1 saturated carbocycles. The van der Waals surface area contributed by atoms with E-state index in [1.165, 1.54) is 0 Å². The number of amides is 1. The summed E-state index contributed by atoms with van der Waals surface area (Å²) in [5.74, 6) is -1.50. The van der Waals surface area contributed by atoms with E-state index in [0.717, 1.165) is 6.42 Å². The number of carbonyl (C=O) groups is 2. The van der Waals surface area contributed by atoms with Crippen LogP contribution in [0.25, 0.3) is 0 Å². The Morgan fingerprint density at radius 3 is 2.25 bits per heavy atom. The van der Waals surface area contributed by atoms with Gasteiger partial charge in [0.05, 0.1) is 11.8 Å². The van der Waals surface area contributed by atoms with Gasteiger partial charge in [-0.05, 0) is 46.7 Å². The predicted molar refractivity (Wildman–Crippen MR) is 78.4 cm³/mol. The molecule has 116 valence electrons. The zero-order chi connectivity index (χ0) is 15.5. The Bertz CT molecular complexity index is 366. The van der Waals surface area contributed by atoms with Crippen LogP contribution >= 0.6 is 0 Å². The van der Waals surface area contributed by atoms with E-state index in [9.17, 15) is 14.7 Å². The van der Waals surface area contributed by atoms with Gasteiger partial charge in [0.25, 0.3) is 0 Å². The number of carboxylic acid groups (broad SMARTS) is 1. The van der Waals surface area contributed by atoms with Crippen molar-refractivity contribution in [3.8, 4) is 0 Å². The molecule has 1 amide bonds. The smallest absolute Gasteiger partial charge is 0.307 e. The van der Waals surface area contributed by atoms with Crippen LogP contribution in [0.5, 0.6) is 0 Å². The SMILES string of the molecule is CCC1CC(C(=O)O)C(C(=O)NCC(C)(C)N(C)C)C1. The molecular formula is C15H28N2O3. The number of nitrogens with one attached hydrogen (secondary N) is 1. The molecule has 1 aliphatic carbocycles. The van der Waals surface area contributed by atoms with E-state index in [0.29, 0.717) is 25.3 Å².